The van der Waals surface area contributed by atoms with Crippen molar-refractivity contribution in [2.75, 3.05) is 0 Å². The zero-order valence-corrected chi connectivity index (χ0v) is 12.6. The molecule has 1 rings (SSSR count). The highest BCUT2D eigenvalue weighted by atomic mass is 32.2. The third-order valence-electron chi connectivity index (χ3n) is 2.70. The Morgan fingerprint density at radius 2 is 1.86 bits per heavy atom. The minimum atomic E-state index is -4.73. The van der Waals surface area contributed by atoms with Gasteiger partial charge in [-0.15, -0.1) is 0 Å². The van der Waals surface area contributed by atoms with E-state index >= 15 is 0 Å². The van der Waals surface area contributed by atoms with E-state index in [1.807, 2.05) is 0 Å². The summed E-state index contributed by atoms with van der Waals surface area (Å²) in [6.07, 6.45) is -0.0475. The minimum absolute atomic E-state index is 0.0475. The quantitative estimate of drug-likeness (QED) is 0.823. The summed E-state index contributed by atoms with van der Waals surface area (Å²) < 4.78 is 53.3. The van der Waals surface area contributed by atoms with Gasteiger partial charge < -0.3 is 5.11 Å². The van der Waals surface area contributed by atoms with Crippen molar-refractivity contribution in [2.24, 2.45) is 5.92 Å². The average molecular weight is 332 g/mol. The van der Waals surface area contributed by atoms with Gasteiger partial charge in [-0.3, -0.25) is 4.79 Å². The van der Waals surface area contributed by atoms with Crippen LogP contribution in [0.3, 0.4) is 0 Å². The van der Waals surface area contributed by atoms with Gasteiger partial charge in [0.05, 0.1) is 11.6 Å². The third kappa shape index (κ3) is 4.22. The number of hydrogen-bond donors (Lipinski definition) is 2. The Morgan fingerprint density at radius 3 is 2.23 bits per heavy atom. The van der Waals surface area contributed by atoms with E-state index in [0.717, 1.165) is 0 Å². The van der Waals surface area contributed by atoms with Gasteiger partial charge in [-0.05, 0) is 24.5 Å². The van der Waals surface area contributed by atoms with E-state index in [9.17, 15) is 22.0 Å². The van der Waals surface area contributed by atoms with Crippen molar-refractivity contribution in [1.82, 2.24) is 4.72 Å². The van der Waals surface area contributed by atoms with Crippen LogP contribution >= 0.6 is 0 Å². The van der Waals surface area contributed by atoms with Gasteiger partial charge in [0.2, 0.25) is 10.0 Å². The fourth-order valence-corrected chi connectivity index (χ4v) is 3.12. The molecule has 1 atom stereocenters. The zero-order chi connectivity index (χ0) is 17.1. The Balaban J connectivity index is 3.25. The molecule has 0 aliphatic heterocycles. The highest BCUT2D eigenvalue weighted by Crippen LogP contribution is 2.21. The van der Waals surface area contributed by atoms with Crippen molar-refractivity contribution >= 4 is 16.0 Å². The Kier molecular flexibility index (Phi) is 5.57. The molecule has 0 saturated heterocycles. The van der Waals surface area contributed by atoms with Crippen LogP contribution in [-0.4, -0.2) is 25.5 Å². The molecular formula is C13H14F2N2O4S. The second-order valence-electron chi connectivity index (χ2n) is 5.02. The molecule has 0 saturated carbocycles. The summed E-state index contributed by atoms with van der Waals surface area (Å²) in [6.45, 7) is 3.35. The lowest BCUT2D eigenvalue weighted by molar-refractivity contribution is -0.139. The number of halogens is 2. The molecule has 2 N–H and O–H groups in total. The van der Waals surface area contributed by atoms with Crippen LogP contribution in [0.2, 0.25) is 0 Å². The molecule has 0 unspecified atom stereocenters. The molecule has 0 aromatic heterocycles. The number of rotatable bonds is 6. The number of benzene rings is 1. The van der Waals surface area contributed by atoms with E-state index in [0.29, 0.717) is 12.1 Å². The van der Waals surface area contributed by atoms with Crippen molar-refractivity contribution < 1.29 is 27.1 Å². The molecule has 0 bridgehead atoms. The standard InChI is InChI=1S/C13H14F2N2O4S/c1-7(2)3-11(13(18)19)17-22(20,21)12-9(14)4-8(6-16)5-10(12)15/h4-5,7,11,17H,3H2,1-2H3,(H,18,19)/t11-/m0/s1. The maximum absolute atomic E-state index is 13.7. The molecule has 9 heteroatoms. The topological polar surface area (TPSA) is 107 Å². The van der Waals surface area contributed by atoms with Gasteiger partial charge >= 0.3 is 5.97 Å². The van der Waals surface area contributed by atoms with Crippen molar-refractivity contribution in [1.29, 1.82) is 5.26 Å². The molecule has 6 nitrogen and oxygen atoms in total. The number of nitriles is 1. The van der Waals surface area contributed by atoms with E-state index in [1.54, 1.807) is 18.6 Å². The Bertz CT molecular complexity index is 703. The second-order valence-corrected chi connectivity index (χ2v) is 6.67. The third-order valence-corrected chi connectivity index (χ3v) is 4.22. The lowest BCUT2D eigenvalue weighted by atomic mass is 10.1. The molecule has 0 heterocycles. The first-order valence-electron chi connectivity index (χ1n) is 6.22. The van der Waals surface area contributed by atoms with Crippen molar-refractivity contribution in [3.63, 3.8) is 0 Å². The van der Waals surface area contributed by atoms with E-state index < -0.39 is 38.6 Å². The number of sulfonamides is 1. The summed E-state index contributed by atoms with van der Waals surface area (Å²) in [5.74, 6) is -4.53. The molecule has 0 aliphatic rings. The maximum Gasteiger partial charge on any atom is 0.321 e. The summed E-state index contributed by atoms with van der Waals surface area (Å²) in [4.78, 5) is 9.75. The van der Waals surface area contributed by atoms with Gasteiger partial charge in [0.1, 0.15) is 17.7 Å². The molecule has 1 aromatic carbocycles. The molecule has 22 heavy (non-hydrogen) atoms. The van der Waals surface area contributed by atoms with Gasteiger partial charge in [0.25, 0.3) is 0 Å². The number of carbonyl (C=O) groups is 1. The van der Waals surface area contributed by atoms with Crippen LogP contribution in [0.25, 0.3) is 0 Å². The summed E-state index contributed by atoms with van der Waals surface area (Å²) >= 11 is 0. The Hall–Kier alpha value is -2.05. The molecule has 0 amide bonds. The monoisotopic (exact) mass is 332 g/mol. The SMILES string of the molecule is CC(C)C[C@H](NS(=O)(=O)c1c(F)cc(C#N)cc1F)C(=O)O. The number of nitrogens with zero attached hydrogens (tertiary/aromatic N) is 1. The van der Waals surface area contributed by atoms with Gasteiger partial charge in [-0.25, -0.2) is 17.2 Å². The zero-order valence-electron chi connectivity index (χ0n) is 11.8. The number of carboxylic acids is 1. The largest absolute Gasteiger partial charge is 0.480 e. The average Bonchev–Trinajstić information content (AvgIpc) is 2.35. The van der Waals surface area contributed by atoms with Gasteiger partial charge in [-0.1, -0.05) is 13.8 Å². The molecule has 1 aromatic rings. The summed E-state index contributed by atoms with van der Waals surface area (Å²) in [5, 5.41) is 17.6. The molecule has 0 fully saturated rings. The van der Waals surface area contributed by atoms with Crippen LogP contribution < -0.4 is 4.72 Å². The highest BCUT2D eigenvalue weighted by Gasteiger charge is 2.30. The van der Waals surface area contributed by atoms with Gasteiger partial charge in [0, 0.05) is 0 Å². The lowest BCUT2D eigenvalue weighted by Gasteiger charge is -2.17. The predicted molar refractivity (Wildman–Crippen MR) is 72.3 cm³/mol. The molecule has 120 valence electrons. The number of hydrogen-bond acceptors (Lipinski definition) is 4. The predicted octanol–water partition coefficient (Wildman–Crippen LogP) is 1.61. The summed E-state index contributed by atoms with van der Waals surface area (Å²) in [5.41, 5.74) is -0.383. The Morgan fingerprint density at radius 1 is 1.36 bits per heavy atom. The normalized spacial score (nSPS) is 12.9. The van der Waals surface area contributed by atoms with Crippen LogP contribution in [0, 0.1) is 28.9 Å². The van der Waals surface area contributed by atoms with Crippen LogP contribution in [0.15, 0.2) is 17.0 Å². The summed E-state index contributed by atoms with van der Waals surface area (Å²) in [7, 11) is -4.73. The molecule has 0 aliphatic carbocycles. The fraction of sp³-hybridized carbons (Fsp3) is 0.385. The van der Waals surface area contributed by atoms with E-state index in [-0.39, 0.29) is 17.9 Å². The number of aliphatic carboxylic acids is 1. The van der Waals surface area contributed by atoms with Crippen LogP contribution in [0.1, 0.15) is 25.8 Å². The number of nitrogens with one attached hydrogen (secondary N) is 1. The van der Waals surface area contributed by atoms with Crippen LogP contribution in [-0.2, 0) is 14.8 Å². The number of carboxylic acid groups (broad SMARTS) is 1. The lowest BCUT2D eigenvalue weighted by Crippen LogP contribution is -2.42. The fourth-order valence-electron chi connectivity index (χ4n) is 1.80. The first kappa shape index (κ1) is 18.0. The van der Waals surface area contributed by atoms with Gasteiger partial charge in [-0.2, -0.15) is 9.98 Å². The molecule has 0 radical (unpaired) electrons. The van der Waals surface area contributed by atoms with Crippen LogP contribution in [0.5, 0.6) is 0 Å². The minimum Gasteiger partial charge on any atom is -0.480 e. The van der Waals surface area contributed by atoms with E-state index in [1.165, 1.54) is 6.07 Å². The van der Waals surface area contributed by atoms with E-state index in [2.05, 4.69) is 0 Å². The molecular weight excluding hydrogens is 318 g/mol. The van der Waals surface area contributed by atoms with E-state index in [4.69, 9.17) is 10.4 Å². The Labute approximate surface area is 126 Å². The van der Waals surface area contributed by atoms with Crippen molar-refractivity contribution in [3.8, 4) is 6.07 Å². The van der Waals surface area contributed by atoms with Crippen molar-refractivity contribution in [2.45, 2.75) is 31.2 Å². The molecule has 0 spiro atoms. The van der Waals surface area contributed by atoms with Gasteiger partial charge in [0.15, 0.2) is 4.90 Å². The highest BCUT2D eigenvalue weighted by molar-refractivity contribution is 7.89. The first-order chi connectivity index (χ1) is 10.1. The van der Waals surface area contributed by atoms with Crippen molar-refractivity contribution in [3.05, 3.63) is 29.3 Å². The first-order valence-corrected chi connectivity index (χ1v) is 7.71. The maximum atomic E-state index is 13.7. The second kappa shape index (κ2) is 6.81. The summed E-state index contributed by atoms with van der Waals surface area (Å²) in [6, 6.07) is 1.10. The van der Waals surface area contributed by atoms with Crippen LogP contribution in [0.4, 0.5) is 8.78 Å². The smallest absolute Gasteiger partial charge is 0.321 e.